The van der Waals surface area contributed by atoms with E-state index in [-0.39, 0.29) is 17.6 Å². The first-order valence-electron chi connectivity index (χ1n) is 5.84. The molecule has 1 aliphatic carbocycles. The molecule has 1 aliphatic rings. The lowest BCUT2D eigenvalue weighted by Crippen LogP contribution is -2.35. The fourth-order valence-electron chi connectivity index (χ4n) is 2.33. The molecule has 86 valence electrons. The third kappa shape index (κ3) is 2.80. The average Bonchev–Trinajstić information content (AvgIpc) is 2.27. The topological polar surface area (TPSA) is 54.4 Å². The third-order valence-corrected chi connectivity index (χ3v) is 3.55. The zero-order valence-electron chi connectivity index (χ0n) is 9.53. The van der Waals surface area contributed by atoms with Crippen molar-refractivity contribution in [3.05, 3.63) is 0 Å². The van der Waals surface area contributed by atoms with Gasteiger partial charge in [0.25, 0.3) is 0 Å². The van der Waals surface area contributed by atoms with Crippen LogP contribution in [-0.2, 0) is 9.59 Å². The SMILES string of the molecule is CCC(C)C(=O)C1CCCCC1C(=O)O. The van der Waals surface area contributed by atoms with Gasteiger partial charge in [0.2, 0.25) is 0 Å². The summed E-state index contributed by atoms with van der Waals surface area (Å²) in [6.07, 6.45) is 4.18. The normalized spacial score (nSPS) is 28.4. The molecule has 1 saturated carbocycles. The highest BCUT2D eigenvalue weighted by Crippen LogP contribution is 2.33. The maximum atomic E-state index is 12.0. The molecule has 15 heavy (non-hydrogen) atoms. The van der Waals surface area contributed by atoms with Gasteiger partial charge in [0.05, 0.1) is 5.92 Å². The summed E-state index contributed by atoms with van der Waals surface area (Å²) in [6.45, 7) is 3.87. The second-order valence-electron chi connectivity index (χ2n) is 4.55. The van der Waals surface area contributed by atoms with E-state index in [9.17, 15) is 9.59 Å². The summed E-state index contributed by atoms with van der Waals surface area (Å²) in [7, 11) is 0. The average molecular weight is 212 g/mol. The van der Waals surface area contributed by atoms with Crippen LogP contribution < -0.4 is 0 Å². The Morgan fingerprint density at radius 3 is 2.27 bits per heavy atom. The molecule has 3 heteroatoms. The maximum Gasteiger partial charge on any atom is 0.307 e. The van der Waals surface area contributed by atoms with Crippen molar-refractivity contribution in [3.63, 3.8) is 0 Å². The van der Waals surface area contributed by atoms with Gasteiger partial charge in [-0.05, 0) is 19.3 Å². The smallest absolute Gasteiger partial charge is 0.307 e. The lowest BCUT2D eigenvalue weighted by Gasteiger charge is -2.29. The van der Waals surface area contributed by atoms with Crippen molar-refractivity contribution < 1.29 is 14.7 Å². The van der Waals surface area contributed by atoms with Crippen molar-refractivity contribution >= 4 is 11.8 Å². The number of rotatable bonds is 4. The quantitative estimate of drug-likeness (QED) is 0.779. The van der Waals surface area contributed by atoms with Gasteiger partial charge >= 0.3 is 5.97 Å². The van der Waals surface area contributed by atoms with Crippen LogP contribution in [0.1, 0.15) is 46.0 Å². The van der Waals surface area contributed by atoms with Gasteiger partial charge in [0.15, 0.2) is 0 Å². The largest absolute Gasteiger partial charge is 0.481 e. The van der Waals surface area contributed by atoms with Crippen LogP contribution in [0.4, 0.5) is 0 Å². The molecule has 0 aliphatic heterocycles. The van der Waals surface area contributed by atoms with Gasteiger partial charge in [-0.2, -0.15) is 0 Å². The number of Topliss-reactive ketones (excluding diaryl/α,β-unsaturated/α-hetero) is 1. The third-order valence-electron chi connectivity index (χ3n) is 3.55. The highest BCUT2D eigenvalue weighted by Gasteiger charge is 2.36. The van der Waals surface area contributed by atoms with Crippen LogP contribution in [0.3, 0.4) is 0 Å². The van der Waals surface area contributed by atoms with Crippen molar-refractivity contribution in [2.75, 3.05) is 0 Å². The highest BCUT2D eigenvalue weighted by atomic mass is 16.4. The van der Waals surface area contributed by atoms with E-state index < -0.39 is 11.9 Å². The van der Waals surface area contributed by atoms with Gasteiger partial charge in [0, 0.05) is 11.8 Å². The van der Waals surface area contributed by atoms with E-state index in [1.807, 2.05) is 13.8 Å². The summed E-state index contributed by atoms with van der Waals surface area (Å²) in [6, 6.07) is 0. The van der Waals surface area contributed by atoms with Gasteiger partial charge in [-0.1, -0.05) is 26.7 Å². The summed E-state index contributed by atoms with van der Waals surface area (Å²) in [5.74, 6) is -1.29. The Morgan fingerprint density at radius 2 is 1.80 bits per heavy atom. The predicted molar refractivity (Wildman–Crippen MR) is 57.5 cm³/mol. The van der Waals surface area contributed by atoms with Crippen molar-refractivity contribution in [1.29, 1.82) is 0 Å². The molecule has 1 rings (SSSR count). The van der Waals surface area contributed by atoms with Gasteiger partial charge in [-0.3, -0.25) is 9.59 Å². The number of carbonyl (C=O) groups is 2. The second-order valence-corrected chi connectivity index (χ2v) is 4.55. The van der Waals surface area contributed by atoms with Crippen molar-refractivity contribution in [1.82, 2.24) is 0 Å². The number of hydrogen-bond donors (Lipinski definition) is 1. The molecule has 3 nitrogen and oxygen atoms in total. The van der Waals surface area contributed by atoms with Crippen LogP contribution >= 0.6 is 0 Å². The van der Waals surface area contributed by atoms with Gasteiger partial charge < -0.3 is 5.11 Å². The standard InChI is InChI=1S/C12H20O3/c1-3-8(2)11(13)9-6-4-5-7-10(9)12(14)15/h8-10H,3-7H2,1-2H3,(H,14,15). The minimum absolute atomic E-state index is 0.00921. The predicted octanol–water partition coefficient (Wildman–Crippen LogP) is 2.49. The van der Waals surface area contributed by atoms with Crippen molar-refractivity contribution in [3.8, 4) is 0 Å². The Balaban J connectivity index is 2.71. The Labute approximate surface area is 90.9 Å². The monoisotopic (exact) mass is 212 g/mol. The molecule has 0 saturated heterocycles. The van der Waals surface area contributed by atoms with Crippen LogP contribution in [0, 0.1) is 17.8 Å². The molecule has 0 aromatic rings. The van der Waals surface area contributed by atoms with E-state index in [4.69, 9.17) is 5.11 Å². The van der Waals surface area contributed by atoms with Crippen molar-refractivity contribution in [2.45, 2.75) is 46.0 Å². The Kier molecular flexibility index (Phi) is 4.30. The summed E-state index contributed by atoms with van der Waals surface area (Å²) in [5, 5.41) is 9.06. The number of carboxylic acids is 1. The number of hydrogen-bond acceptors (Lipinski definition) is 2. The summed E-state index contributed by atoms with van der Waals surface area (Å²) >= 11 is 0. The van der Waals surface area contributed by atoms with Crippen LogP contribution in [0.15, 0.2) is 0 Å². The lowest BCUT2D eigenvalue weighted by molar-refractivity contribution is -0.149. The molecule has 0 bridgehead atoms. The Hall–Kier alpha value is -0.860. The van der Waals surface area contributed by atoms with Gasteiger partial charge in [0.1, 0.15) is 5.78 Å². The Bertz CT molecular complexity index is 247. The summed E-state index contributed by atoms with van der Waals surface area (Å²) in [5.41, 5.74) is 0. The molecular weight excluding hydrogens is 192 g/mol. The molecule has 0 radical (unpaired) electrons. The minimum atomic E-state index is -0.795. The summed E-state index contributed by atoms with van der Waals surface area (Å²) in [4.78, 5) is 23.0. The molecule has 0 amide bonds. The molecule has 0 spiro atoms. The molecule has 0 aromatic heterocycles. The van der Waals surface area contributed by atoms with E-state index in [0.717, 1.165) is 25.7 Å². The maximum absolute atomic E-state index is 12.0. The minimum Gasteiger partial charge on any atom is -0.481 e. The van der Waals surface area contributed by atoms with E-state index in [2.05, 4.69) is 0 Å². The van der Waals surface area contributed by atoms with E-state index >= 15 is 0 Å². The summed E-state index contributed by atoms with van der Waals surface area (Å²) < 4.78 is 0. The second kappa shape index (κ2) is 5.29. The molecule has 0 heterocycles. The first kappa shape index (κ1) is 12.2. The molecule has 3 unspecified atom stereocenters. The van der Waals surface area contributed by atoms with E-state index in [1.165, 1.54) is 0 Å². The van der Waals surface area contributed by atoms with Crippen LogP contribution in [0.25, 0.3) is 0 Å². The number of carbonyl (C=O) groups excluding carboxylic acids is 1. The first-order chi connectivity index (χ1) is 7.07. The molecule has 1 N–H and O–H groups in total. The van der Waals surface area contributed by atoms with Gasteiger partial charge in [-0.25, -0.2) is 0 Å². The zero-order chi connectivity index (χ0) is 11.4. The molecule has 0 aromatic carbocycles. The van der Waals surface area contributed by atoms with Crippen LogP contribution in [0.5, 0.6) is 0 Å². The van der Waals surface area contributed by atoms with Crippen LogP contribution in [-0.4, -0.2) is 16.9 Å². The lowest BCUT2D eigenvalue weighted by atomic mass is 9.74. The van der Waals surface area contributed by atoms with Gasteiger partial charge in [-0.15, -0.1) is 0 Å². The molecular formula is C12H20O3. The fraction of sp³-hybridized carbons (Fsp3) is 0.833. The van der Waals surface area contributed by atoms with E-state index in [0.29, 0.717) is 6.42 Å². The van der Waals surface area contributed by atoms with Crippen LogP contribution in [0.2, 0.25) is 0 Å². The molecule has 1 fully saturated rings. The van der Waals surface area contributed by atoms with E-state index in [1.54, 1.807) is 0 Å². The Morgan fingerprint density at radius 1 is 1.27 bits per heavy atom. The molecule has 3 atom stereocenters. The number of aliphatic carboxylic acids is 1. The first-order valence-corrected chi connectivity index (χ1v) is 5.84. The number of carboxylic acid groups (broad SMARTS) is 1. The van der Waals surface area contributed by atoms with Crippen molar-refractivity contribution in [2.24, 2.45) is 17.8 Å². The number of ketones is 1. The highest BCUT2D eigenvalue weighted by molar-refractivity contribution is 5.87. The zero-order valence-corrected chi connectivity index (χ0v) is 9.53. The fourth-order valence-corrected chi connectivity index (χ4v) is 2.33.